The van der Waals surface area contributed by atoms with Gasteiger partial charge in [0, 0.05) is 0 Å². The monoisotopic (exact) mass is 300 g/mol. The lowest BCUT2D eigenvalue weighted by molar-refractivity contribution is 0.111. The maximum absolute atomic E-state index is 11.0. The second kappa shape index (κ2) is 7.50. The fraction of sp³-hybridized carbons (Fsp3) is 0.533. The average Bonchev–Trinajstić information content (AvgIpc) is 2.42. The molecule has 0 saturated carbocycles. The number of phenols is 2. The van der Waals surface area contributed by atoms with Crippen LogP contribution in [0.15, 0.2) is 0 Å². The minimum atomic E-state index is -1.04. The lowest BCUT2D eigenvalue weighted by atomic mass is 9.96. The van der Waals surface area contributed by atoms with Gasteiger partial charge in [-0.05, 0) is 18.9 Å². The molecular formula is C15H21ClO4. The summed E-state index contributed by atoms with van der Waals surface area (Å²) in [5.74, 6) is -0.738. The maximum atomic E-state index is 11.0. The number of hydrogen-bond donors (Lipinski definition) is 3. The number of unbranched alkanes of at least 4 members (excludes halogenated alkanes) is 3. The van der Waals surface area contributed by atoms with Crippen LogP contribution in [0.4, 0.5) is 0 Å². The Labute approximate surface area is 124 Å². The summed E-state index contributed by atoms with van der Waals surface area (Å²) in [5, 5.41) is 30.1. The van der Waals surface area contributed by atoms with Gasteiger partial charge in [-0.25, -0.2) is 0 Å². The molecule has 4 nitrogen and oxygen atoms in total. The zero-order chi connectivity index (χ0) is 15.3. The van der Waals surface area contributed by atoms with Crippen LogP contribution in [0.25, 0.3) is 0 Å². The summed E-state index contributed by atoms with van der Waals surface area (Å²) < 4.78 is 0. The third kappa shape index (κ3) is 3.44. The topological polar surface area (TPSA) is 77.8 Å². The smallest absolute Gasteiger partial charge is 0.154 e. The van der Waals surface area contributed by atoms with Gasteiger partial charge in [-0.1, -0.05) is 44.2 Å². The van der Waals surface area contributed by atoms with Gasteiger partial charge in [0.1, 0.15) is 11.5 Å². The molecule has 0 aliphatic carbocycles. The van der Waals surface area contributed by atoms with Crippen molar-refractivity contribution in [2.75, 3.05) is 0 Å². The lowest BCUT2D eigenvalue weighted by Gasteiger charge is -2.18. The second-order valence-electron chi connectivity index (χ2n) is 4.95. The molecular weight excluding hydrogens is 280 g/mol. The van der Waals surface area contributed by atoms with Gasteiger partial charge in [-0.15, -0.1) is 0 Å². The van der Waals surface area contributed by atoms with Crippen molar-refractivity contribution in [2.24, 2.45) is 0 Å². The van der Waals surface area contributed by atoms with E-state index < -0.39 is 6.10 Å². The minimum absolute atomic E-state index is 0.00694. The summed E-state index contributed by atoms with van der Waals surface area (Å²) in [5.41, 5.74) is 0.258. The van der Waals surface area contributed by atoms with Crippen molar-refractivity contribution in [2.45, 2.75) is 52.1 Å². The number of halogens is 1. The van der Waals surface area contributed by atoms with E-state index in [4.69, 9.17) is 11.6 Å². The highest BCUT2D eigenvalue weighted by Gasteiger charge is 2.24. The Kier molecular flexibility index (Phi) is 6.30. The first kappa shape index (κ1) is 16.8. The van der Waals surface area contributed by atoms with Crippen molar-refractivity contribution in [3.8, 4) is 11.5 Å². The van der Waals surface area contributed by atoms with E-state index in [9.17, 15) is 20.1 Å². The van der Waals surface area contributed by atoms with Crippen molar-refractivity contribution in [1.82, 2.24) is 0 Å². The highest BCUT2D eigenvalue weighted by Crippen LogP contribution is 2.44. The number of carbonyl (C=O) groups excluding carboxylic acids is 1. The highest BCUT2D eigenvalue weighted by molar-refractivity contribution is 6.33. The van der Waals surface area contributed by atoms with Gasteiger partial charge in [-0.3, -0.25) is 4.79 Å². The number of aliphatic hydroxyl groups is 1. The molecule has 20 heavy (non-hydrogen) atoms. The molecule has 5 heteroatoms. The maximum Gasteiger partial charge on any atom is 0.154 e. The van der Waals surface area contributed by atoms with Gasteiger partial charge in [0.15, 0.2) is 6.29 Å². The number of rotatable bonds is 7. The van der Waals surface area contributed by atoms with Crippen molar-refractivity contribution < 1.29 is 20.1 Å². The van der Waals surface area contributed by atoms with Crippen molar-refractivity contribution >= 4 is 17.9 Å². The van der Waals surface area contributed by atoms with Crippen LogP contribution in [0.2, 0.25) is 5.02 Å². The van der Waals surface area contributed by atoms with Crippen molar-refractivity contribution in [3.63, 3.8) is 0 Å². The first-order valence-electron chi connectivity index (χ1n) is 6.82. The molecule has 0 amide bonds. The van der Waals surface area contributed by atoms with E-state index in [1.807, 2.05) is 0 Å². The first-order chi connectivity index (χ1) is 9.45. The number of hydrogen-bond acceptors (Lipinski definition) is 4. The van der Waals surface area contributed by atoms with Crippen molar-refractivity contribution in [3.05, 3.63) is 21.7 Å². The number of benzene rings is 1. The molecule has 1 aromatic rings. The van der Waals surface area contributed by atoms with E-state index in [0.717, 1.165) is 25.7 Å². The van der Waals surface area contributed by atoms with E-state index in [2.05, 4.69) is 6.92 Å². The minimum Gasteiger partial charge on any atom is -0.507 e. The van der Waals surface area contributed by atoms with E-state index in [1.54, 1.807) is 0 Å². The Morgan fingerprint density at radius 2 is 1.85 bits per heavy atom. The summed E-state index contributed by atoms with van der Waals surface area (Å²) in [6.45, 7) is 3.62. The third-order valence-corrected chi connectivity index (χ3v) is 3.95. The molecule has 3 N–H and O–H groups in total. The zero-order valence-electron chi connectivity index (χ0n) is 11.8. The molecule has 1 aromatic carbocycles. The van der Waals surface area contributed by atoms with Crippen LogP contribution < -0.4 is 0 Å². The van der Waals surface area contributed by atoms with Crippen LogP contribution in [0.5, 0.6) is 11.5 Å². The molecule has 0 aromatic heterocycles. The quantitative estimate of drug-likeness (QED) is 0.527. The Balaban J connectivity index is 3.05. The number of aldehydes is 1. The van der Waals surface area contributed by atoms with Gasteiger partial charge < -0.3 is 15.3 Å². The Hall–Kier alpha value is -1.26. The Bertz CT molecular complexity index is 485. The zero-order valence-corrected chi connectivity index (χ0v) is 12.6. The fourth-order valence-electron chi connectivity index (χ4n) is 2.22. The lowest BCUT2D eigenvalue weighted by Crippen LogP contribution is -2.03. The van der Waals surface area contributed by atoms with Crippen LogP contribution in [0, 0.1) is 6.92 Å². The normalized spacial score (nSPS) is 12.4. The molecule has 0 radical (unpaired) electrons. The first-order valence-corrected chi connectivity index (χ1v) is 7.20. The number of aliphatic hydroxyl groups excluding tert-OH is 1. The van der Waals surface area contributed by atoms with Gasteiger partial charge in [0.2, 0.25) is 0 Å². The largest absolute Gasteiger partial charge is 0.507 e. The van der Waals surface area contributed by atoms with E-state index in [-0.39, 0.29) is 27.6 Å². The van der Waals surface area contributed by atoms with E-state index in [0.29, 0.717) is 18.3 Å². The number of phenolic OH excluding ortho intramolecular Hbond substituents is 2. The van der Waals surface area contributed by atoms with Gasteiger partial charge >= 0.3 is 0 Å². The molecule has 0 bridgehead atoms. The summed E-state index contributed by atoms with van der Waals surface area (Å²) in [7, 11) is 0. The van der Waals surface area contributed by atoms with Crippen LogP contribution >= 0.6 is 11.6 Å². The molecule has 0 fully saturated rings. The SMILES string of the molecule is CCCCCCC(O)c1c(O)c(Cl)c(C)c(C=O)c1O. The molecule has 0 aliphatic heterocycles. The fourth-order valence-corrected chi connectivity index (χ4v) is 2.42. The predicted octanol–water partition coefficient (Wildman–Crippen LogP) is 3.88. The second-order valence-corrected chi connectivity index (χ2v) is 5.32. The van der Waals surface area contributed by atoms with Gasteiger partial charge in [0.05, 0.1) is 22.3 Å². The molecule has 0 aliphatic rings. The van der Waals surface area contributed by atoms with E-state index >= 15 is 0 Å². The molecule has 0 spiro atoms. The standard InChI is InChI=1S/C15H21ClO4/c1-3-4-5-6-7-11(18)12-14(19)10(8-17)9(2)13(16)15(12)20/h8,11,18-20H,3-7H2,1-2H3. The van der Waals surface area contributed by atoms with Crippen LogP contribution in [0.3, 0.4) is 0 Å². The highest BCUT2D eigenvalue weighted by atomic mass is 35.5. The third-order valence-electron chi connectivity index (χ3n) is 3.49. The summed E-state index contributed by atoms with van der Waals surface area (Å²) in [6.07, 6.45) is 3.73. The average molecular weight is 301 g/mol. The molecule has 0 heterocycles. The van der Waals surface area contributed by atoms with Gasteiger partial charge in [0.25, 0.3) is 0 Å². The van der Waals surface area contributed by atoms with Crippen LogP contribution in [-0.2, 0) is 0 Å². The Morgan fingerprint density at radius 1 is 1.20 bits per heavy atom. The summed E-state index contributed by atoms with van der Waals surface area (Å²) in [6, 6.07) is 0. The molecule has 112 valence electrons. The molecule has 1 atom stereocenters. The van der Waals surface area contributed by atoms with E-state index in [1.165, 1.54) is 6.92 Å². The summed E-state index contributed by atoms with van der Waals surface area (Å²) in [4.78, 5) is 11.0. The van der Waals surface area contributed by atoms with Crippen LogP contribution in [0.1, 0.15) is 66.6 Å². The Morgan fingerprint density at radius 3 is 2.40 bits per heavy atom. The predicted molar refractivity (Wildman–Crippen MR) is 78.6 cm³/mol. The van der Waals surface area contributed by atoms with Crippen LogP contribution in [-0.4, -0.2) is 21.6 Å². The van der Waals surface area contributed by atoms with Gasteiger partial charge in [-0.2, -0.15) is 0 Å². The number of aromatic hydroxyl groups is 2. The summed E-state index contributed by atoms with van der Waals surface area (Å²) >= 11 is 5.94. The van der Waals surface area contributed by atoms with Crippen molar-refractivity contribution in [1.29, 1.82) is 0 Å². The number of carbonyl (C=O) groups is 1. The molecule has 1 rings (SSSR count). The molecule has 0 saturated heterocycles. The molecule has 1 unspecified atom stereocenters.